The smallest absolute Gasteiger partial charge is 0.278 e. The quantitative estimate of drug-likeness (QED) is 0.587. The summed E-state index contributed by atoms with van der Waals surface area (Å²) in [5, 5.41) is 0.855. The van der Waals surface area contributed by atoms with Crippen molar-refractivity contribution in [3.63, 3.8) is 0 Å². The molecule has 0 bridgehead atoms. The molecule has 1 aromatic rings. The van der Waals surface area contributed by atoms with Crippen molar-refractivity contribution < 1.29 is 9.59 Å². The molecule has 0 aromatic heterocycles. The molecule has 0 saturated carbocycles. The van der Waals surface area contributed by atoms with Crippen LogP contribution in [-0.4, -0.2) is 41.2 Å². The molecule has 2 aliphatic heterocycles. The lowest BCUT2D eigenvalue weighted by molar-refractivity contribution is -0.137. The van der Waals surface area contributed by atoms with Crippen LogP contribution in [0, 0.1) is 5.92 Å². The van der Waals surface area contributed by atoms with Crippen molar-refractivity contribution in [1.29, 1.82) is 0 Å². The summed E-state index contributed by atoms with van der Waals surface area (Å²) in [4.78, 5) is 29.2. The molecule has 2 heterocycles. The zero-order valence-electron chi connectivity index (χ0n) is 14.1. The van der Waals surface area contributed by atoms with E-state index in [0.717, 1.165) is 25.9 Å². The molecule has 1 unspecified atom stereocenters. The van der Waals surface area contributed by atoms with E-state index in [4.69, 9.17) is 23.2 Å². The summed E-state index contributed by atoms with van der Waals surface area (Å²) >= 11 is 12.3. The molecule has 1 fully saturated rings. The number of imide groups is 1. The predicted octanol–water partition coefficient (Wildman–Crippen LogP) is 3.99. The van der Waals surface area contributed by atoms with Crippen molar-refractivity contribution >= 4 is 40.6 Å². The van der Waals surface area contributed by atoms with E-state index in [-0.39, 0.29) is 18.4 Å². The summed E-state index contributed by atoms with van der Waals surface area (Å²) in [5.41, 5.74) is 1.36. The first-order valence-electron chi connectivity index (χ1n) is 8.35. The third-order valence-corrected chi connectivity index (χ3v) is 5.18. The van der Waals surface area contributed by atoms with Gasteiger partial charge in [0.1, 0.15) is 5.70 Å². The normalized spacial score (nSPS) is 21.3. The van der Waals surface area contributed by atoms with Crippen LogP contribution >= 0.6 is 23.2 Å². The van der Waals surface area contributed by atoms with Crippen molar-refractivity contribution in [3.8, 4) is 0 Å². The number of hydrogen-bond donors (Lipinski definition) is 0. The SMILES string of the molecule is C=CCN1C(=O)C(c2ccc(Cl)cc2Cl)=C(N2CCCC(C)C2)C1=O. The van der Waals surface area contributed by atoms with Gasteiger partial charge in [0.2, 0.25) is 0 Å². The molecule has 0 radical (unpaired) electrons. The second-order valence-corrected chi connectivity index (χ2v) is 7.39. The molecule has 4 nitrogen and oxygen atoms in total. The lowest BCUT2D eigenvalue weighted by Crippen LogP contribution is -2.39. The highest BCUT2D eigenvalue weighted by molar-refractivity contribution is 6.41. The number of rotatable bonds is 4. The fourth-order valence-corrected chi connectivity index (χ4v) is 3.98. The molecule has 1 aromatic carbocycles. The van der Waals surface area contributed by atoms with Crippen LogP contribution in [0.5, 0.6) is 0 Å². The number of likely N-dealkylation sites (tertiary alicyclic amines) is 1. The number of amides is 2. The highest BCUT2D eigenvalue weighted by Gasteiger charge is 2.42. The van der Waals surface area contributed by atoms with Crippen LogP contribution in [0.3, 0.4) is 0 Å². The van der Waals surface area contributed by atoms with Crippen molar-refractivity contribution in [3.05, 3.63) is 52.2 Å². The summed E-state index contributed by atoms with van der Waals surface area (Å²) < 4.78 is 0. The highest BCUT2D eigenvalue weighted by Crippen LogP contribution is 2.37. The lowest BCUT2D eigenvalue weighted by Gasteiger charge is -2.33. The van der Waals surface area contributed by atoms with E-state index in [1.54, 1.807) is 24.3 Å². The maximum Gasteiger partial charge on any atom is 0.278 e. The van der Waals surface area contributed by atoms with Crippen LogP contribution in [0.1, 0.15) is 25.3 Å². The van der Waals surface area contributed by atoms with Gasteiger partial charge in [0.05, 0.1) is 10.6 Å². The van der Waals surface area contributed by atoms with E-state index < -0.39 is 0 Å². The van der Waals surface area contributed by atoms with Crippen LogP contribution in [0.15, 0.2) is 36.6 Å². The van der Waals surface area contributed by atoms with Gasteiger partial charge in [-0.15, -0.1) is 6.58 Å². The second-order valence-electron chi connectivity index (χ2n) is 6.55. The molecular formula is C19H20Cl2N2O2. The lowest BCUT2D eigenvalue weighted by atomic mass is 9.97. The standard InChI is InChI=1S/C19H20Cl2N2O2/c1-3-8-23-18(24)16(14-7-6-13(20)10-15(14)21)17(19(23)25)22-9-4-5-12(2)11-22/h3,6-7,10,12H,1,4-5,8-9,11H2,2H3. The summed E-state index contributed by atoms with van der Waals surface area (Å²) in [6.45, 7) is 7.50. The van der Waals surface area contributed by atoms with Gasteiger partial charge in [0, 0.05) is 30.2 Å². The molecule has 6 heteroatoms. The first kappa shape index (κ1) is 18.0. The minimum absolute atomic E-state index is 0.180. The van der Waals surface area contributed by atoms with Crippen LogP contribution in [0.2, 0.25) is 10.0 Å². The first-order valence-corrected chi connectivity index (χ1v) is 9.11. The summed E-state index contributed by atoms with van der Waals surface area (Å²) in [6, 6.07) is 4.98. The van der Waals surface area contributed by atoms with E-state index >= 15 is 0 Å². The van der Waals surface area contributed by atoms with Gasteiger partial charge in [-0.05, 0) is 30.9 Å². The van der Waals surface area contributed by atoms with Gasteiger partial charge in [0.15, 0.2) is 0 Å². The molecular weight excluding hydrogens is 359 g/mol. The second kappa shape index (κ2) is 7.22. The Morgan fingerprint density at radius 1 is 1.28 bits per heavy atom. The van der Waals surface area contributed by atoms with Gasteiger partial charge in [-0.2, -0.15) is 0 Å². The van der Waals surface area contributed by atoms with Gasteiger partial charge in [0.25, 0.3) is 11.8 Å². The molecule has 1 saturated heterocycles. The largest absolute Gasteiger partial charge is 0.366 e. The maximum atomic E-state index is 13.0. The molecule has 0 aliphatic carbocycles. The number of halogens is 2. The van der Waals surface area contributed by atoms with Crippen LogP contribution in [-0.2, 0) is 9.59 Å². The molecule has 2 amide bonds. The fraction of sp³-hybridized carbons (Fsp3) is 0.368. The highest BCUT2D eigenvalue weighted by atomic mass is 35.5. The number of hydrogen-bond acceptors (Lipinski definition) is 3. The molecule has 2 aliphatic rings. The van der Waals surface area contributed by atoms with Crippen molar-refractivity contribution in [2.75, 3.05) is 19.6 Å². The minimum Gasteiger partial charge on any atom is -0.366 e. The van der Waals surface area contributed by atoms with Crippen molar-refractivity contribution in [2.24, 2.45) is 5.92 Å². The molecule has 25 heavy (non-hydrogen) atoms. The Morgan fingerprint density at radius 2 is 2.04 bits per heavy atom. The Balaban J connectivity index is 2.13. The molecule has 0 spiro atoms. The third-order valence-electron chi connectivity index (χ3n) is 4.63. The van der Waals surface area contributed by atoms with E-state index in [2.05, 4.69) is 13.5 Å². The van der Waals surface area contributed by atoms with Gasteiger partial charge < -0.3 is 4.90 Å². The van der Waals surface area contributed by atoms with Crippen LogP contribution < -0.4 is 0 Å². The first-order chi connectivity index (χ1) is 11.9. The molecule has 0 N–H and O–H groups in total. The van der Waals surface area contributed by atoms with Gasteiger partial charge in [-0.1, -0.05) is 42.3 Å². The van der Waals surface area contributed by atoms with Crippen molar-refractivity contribution in [2.45, 2.75) is 19.8 Å². The number of piperidine rings is 1. The molecule has 3 rings (SSSR count). The monoisotopic (exact) mass is 378 g/mol. The van der Waals surface area contributed by atoms with Crippen LogP contribution in [0.25, 0.3) is 5.57 Å². The summed E-state index contributed by atoms with van der Waals surface area (Å²) in [5.74, 6) is -0.137. The number of carbonyl (C=O) groups excluding carboxylic acids is 2. The Labute approximate surface area is 157 Å². The Hall–Kier alpha value is -1.78. The molecule has 132 valence electrons. The minimum atomic E-state index is -0.331. The average Bonchev–Trinajstić information content (AvgIpc) is 2.80. The maximum absolute atomic E-state index is 13.0. The Bertz CT molecular complexity index is 773. The zero-order valence-corrected chi connectivity index (χ0v) is 15.6. The zero-order chi connectivity index (χ0) is 18.1. The summed E-state index contributed by atoms with van der Waals surface area (Å²) in [6.07, 6.45) is 3.67. The van der Waals surface area contributed by atoms with E-state index in [1.807, 2.05) is 4.90 Å². The Morgan fingerprint density at radius 3 is 2.68 bits per heavy atom. The van der Waals surface area contributed by atoms with Gasteiger partial charge in [-0.25, -0.2) is 0 Å². The van der Waals surface area contributed by atoms with Gasteiger partial charge in [-0.3, -0.25) is 14.5 Å². The van der Waals surface area contributed by atoms with E-state index in [1.165, 1.54) is 4.90 Å². The predicted molar refractivity (Wildman–Crippen MR) is 100 cm³/mol. The average molecular weight is 379 g/mol. The number of carbonyl (C=O) groups is 2. The number of nitrogens with zero attached hydrogens (tertiary/aromatic N) is 2. The Kier molecular flexibility index (Phi) is 5.21. The van der Waals surface area contributed by atoms with Crippen LogP contribution in [0.4, 0.5) is 0 Å². The van der Waals surface area contributed by atoms with E-state index in [0.29, 0.717) is 32.8 Å². The van der Waals surface area contributed by atoms with Gasteiger partial charge >= 0.3 is 0 Å². The van der Waals surface area contributed by atoms with E-state index in [9.17, 15) is 9.59 Å². The third kappa shape index (κ3) is 3.33. The fourth-order valence-electron chi connectivity index (χ4n) is 3.48. The number of benzene rings is 1. The molecule has 1 atom stereocenters. The topological polar surface area (TPSA) is 40.6 Å². The summed E-state index contributed by atoms with van der Waals surface area (Å²) in [7, 11) is 0. The van der Waals surface area contributed by atoms with Crippen molar-refractivity contribution in [1.82, 2.24) is 9.80 Å².